The molecule has 4 saturated carbocycles. The summed E-state index contributed by atoms with van der Waals surface area (Å²) in [6, 6.07) is 10.5. The molecular formula is C42H80P2Si4. The molecule has 0 bridgehead atoms. The van der Waals surface area contributed by atoms with Crippen LogP contribution in [0.5, 0.6) is 0 Å². The molecule has 0 saturated heterocycles. The van der Waals surface area contributed by atoms with Crippen molar-refractivity contribution in [2.75, 3.05) is 24.6 Å². The molecular weight excluding hydrogens is 679 g/mol. The maximum atomic E-state index is 2.75. The van der Waals surface area contributed by atoms with Crippen LogP contribution >= 0.6 is 15.8 Å². The Morgan fingerprint density at radius 2 is 0.625 bits per heavy atom. The van der Waals surface area contributed by atoms with Crippen molar-refractivity contribution in [2.45, 2.75) is 178 Å². The topological polar surface area (TPSA) is 0 Å². The van der Waals surface area contributed by atoms with E-state index in [1.807, 2.05) is 10.6 Å². The van der Waals surface area contributed by atoms with Gasteiger partial charge < -0.3 is 0 Å². The van der Waals surface area contributed by atoms with E-state index in [1.165, 1.54) is 51.4 Å². The molecule has 8 atom stereocenters. The van der Waals surface area contributed by atoms with E-state index in [9.17, 15) is 0 Å². The highest BCUT2D eigenvalue weighted by Crippen LogP contribution is 2.58. The SMILES string of the molecule is C[Si](C)(C)C1CCCC1CP(CC1CCCC1[Si](C)(C)C)c1ccccc1P(CC1CCCC1[Si](C)(C)C)CC1CCCC1[Si](C)(C)C. The minimum Gasteiger partial charge on any atom is -0.0741 e. The second kappa shape index (κ2) is 16.1. The Labute approximate surface area is 307 Å². The molecule has 4 aliphatic carbocycles. The van der Waals surface area contributed by atoms with Gasteiger partial charge in [-0.1, -0.05) is 196 Å². The summed E-state index contributed by atoms with van der Waals surface area (Å²) in [6.07, 6.45) is 24.6. The molecule has 0 spiro atoms. The molecule has 4 aliphatic rings. The van der Waals surface area contributed by atoms with Gasteiger partial charge in [-0.2, -0.15) is 0 Å². The third-order valence-electron chi connectivity index (χ3n) is 14.5. The lowest BCUT2D eigenvalue weighted by Crippen LogP contribution is -2.37. The van der Waals surface area contributed by atoms with Gasteiger partial charge in [-0.25, -0.2) is 0 Å². The monoisotopic (exact) mass is 758 g/mol. The minimum absolute atomic E-state index is 0.104. The van der Waals surface area contributed by atoms with Crippen molar-refractivity contribution in [2.24, 2.45) is 23.7 Å². The largest absolute Gasteiger partial charge is 0.0741 e. The fourth-order valence-electron chi connectivity index (χ4n) is 12.3. The lowest BCUT2D eigenvalue weighted by Gasteiger charge is -2.39. The maximum absolute atomic E-state index is 2.75. The van der Waals surface area contributed by atoms with E-state index in [0.717, 1.165) is 45.8 Å². The summed E-state index contributed by atoms with van der Waals surface area (Å²) in [5.41, 5.74) is 4.22. The van der Waals surface area contributed by atoms with Gasteiger partial charge in [0.2, 0.25) is 0 Å². The average molecular weight is 759 g/mol. The lowest BCUT2D eigenvalue weighted by molar-refractivity contribution is 0.585. The number of hydrogen-bond donors (Lipinski definition) is 0. The van der Waals surface area contributed by atoms with Crippen LogP contribution in [0.4, 0.5) is 0 Å². The molecule has 0 aromatic heterocycles. The summed E-state index contributed by atoms with van der Waals surface area (Å²) < 4.78 is 0. The van der Waals surface area contributed by atoms with Crippen LogP contribution in [-0.4, -0.2) is 56.9 Å². The van der Waals surface area contributed by atoms with Gasteiger partial charge in [0.05, 0.1) is 0 Å². The highest BCUT2D eigenvalue weighted by molar-refractivity contribution is 7.72. The van der Waals surface area contributed by atoms with Gasteiger partial charge in [0.15, 0.2) is 0 Å². The van der Waals surface area contributed by atoms with E-state index < -0.39 is 32.3 Å². The van der Waals surface area contributed by atoms with Gasteiger partial charge in [-0.05, 0) is 81.1 Å². The first-order chi connectivity index (χ1) is 22.3. The van der Waals surface area contributed by atoms with Crippen LogP contribution in [0.25, 0.3) is 0 Å². The lowest BCUT2D eigenvalue weighted by atomic mass is 10.1. The number of benzene rings is 1. The molecule has 1 aromatic carbocycles. The van der Waals surface area contributed by atoms with Crippen molar-refractivity contribution in [1.82, 2.24) is 0 Å². The Balaban J connectivity index is 1.54. The smallest absolute Gasteiger partial charge is 0.0476 e. The van der Waals surface area contributed by atoms with Crippen molar-refractivity contribution in [3.05, 3.63) is 24.3 Å². The van der Waals surface area contributed by atoms with E-state index in [0.29, 0.717) is 0 Å². The first kappa shape index (κ1) is 40.1. The first-order valence-corrected chi connectivity index (χ1v) is 38.7. The Hall–Kier alpha value is 0.948. The van der Waals surface area contributed by atoms with E-state index in [-0.39, 0.29) is 15.8 Å². The second-order valence-electron chi connectivity index (χ2n) is 22.0. The molecule has 0 amide bonds. The van der Waals surface area contributed by atoms with Gasteiger partial charge in [-0.3, -0.25) is 0 Å². The Kier molecular flexibility index (Phi) is 13.5. The molecule has 6 heteroatoms. The van der Waals surface area contributed by atoms with Crippen LogP contribution in [0.2, 0.25) is 101 Å². The van der Waals surface area contributed by atoms with Crippen LogP contribution in [-0.2, 0) is 0 Å². The van der Waals surface area contributed by atoms with Gasteiger partial charge in [0.1, 0.15) is 0 Å². The minimum atomic E-state index is -1.15. The van der Waals surface area contributed by atoms with Gasteiger partial charge in [0, 0.05) is 32.3 Å². The summed E-state index contributed by atoms with van der Waals surface area (Å²) in [5, 5.41) is 3.90. The molecule has 274 valence electrons. The van der Waals surface area contributed by atoms with E-state index >= 15 is 0 Å². The zero-order valence-corrected chi connectivity index (χ0v) is 39.9. The molecule has 5 rings (SSSR count). The van der Waals surface area contributed by atoms with Crippen molar-refractivity contribution >= 4 is 58.7 Å². The summed E-state index contributed by atoms with van der Waals surface area (Å²) >= 11 is 0. The first-order valence-electron chi connectivity index (χ1n) is 20.9. The van der Waals surface area contributed by atoms with Crippen LogP contribution in [0.1, 0.15) is 77.0 Å². The molecule has 0 radical (unpaired) electrons. The predicted octanol–water partition coefficient (Wildman–Crippen LogP) is 13.9. The van der Waals surface area contributed by atoms with Gasteiger partial charge in [-0.15, -0.1) is 0 Å². The molecule has 0 aliphatic heterocycles. The van der Waals surface area contributed by atoms with Crippen molar-refractivity contribution in [3.63, 3.8) is 0 Å². The van der Waals surface area contributed by atoms with Crippen LogP contribution in [0.15, 0.2) is 24.3 Å². The Bertz CT molecular complexity index is 1010. The van der Waals surface area contributed by atoms with Crippen molar-refractivity contribution < 1.29 is 0 Å². The van der Waals surface area contributed by atoms with E-state index in [4.69, 9.17) is 0 Å². The van der Waals surface area contributed by atoms with Crippen LogP contribution < -0.4 is 10.6 Å². The molecule has 1 aromatic rings. The highest BCUT2D eigenvalue weighted by Gasteiger charge is 2.44. The fourth-order valence-corrected chi connectivity index (χ4v) is 31.5. The summed E-state index contributed by atoms with van der Waals surface area (Å²) in [4.78, 5) is 0. The molecule has 8 unspecified atom stereocenters. The maximum Gasteiger partial charge on any atom is 0.0476 e. The van der Waals surface area contributed by atoms with E-state index in [1.54, 1.807) is 50.3 Å². The molecule has 0 heterocycles. The zero-order valence-electron chi connectivity index (χ0n) is 34.1. The van der Waals surface area contributed by atoms with Crippen LogP contribution in [0, 0.1) is 23.7 Å². The number of hydrogen-bond acceptors (Lipinski definition) is 0. The molecule has 0 N–H and O–H groups in total. The third kappa shape index (κ3) is 9.92. The van der Waals surface area contributed by atoms with Gasteiger partial charge in [0.25, 0.3) is 0 Å². The molecule has 4 fully saturated rings. The third-order valence-corrected chi connectivity index (χ3v) is 32.4. The second-order valence-corrected chi connectivity index (χ2v) is 48.4. The predicted molar refractivity (Wildman–Crippen MR) is 237 cm³/mol. The Morgan fingerprint density at radius 1 is 0.396 bits per heavy atom. The fraction of sp³-hybridized carbons (Fsp3) is 0.857. The average Bonchev–Trinajstić information content (AvgIpc) is 3.78. The highest BCUT2D eigenvalue weighted by atomic mass is 31.1. The molecule has 48 heavy (non-hydrogen) atoms. The van der Waals surface area contributed by atoms with E-state index in [2.05, 4.69) is 103 Å². The molecule has 0 nitrogen and oxygen atoms in total. The quantitative estimate of drug-likeness (QED) is 0.131. The van der Waals surface area contributed by atoms with Crippen LogP contribution in [0.3, 0.4) is 0 Å². The van der Waals surface area contributed by atoms with Crippen molar-refractivity contribution in [1.29, 1.82) is 0 Å². The van der Waals surface area contributed by atoms with Crippen molar-refractivity contribution in [3.8, 4) is 0 Å². The summed E-state index contributed by atoms with van der Waals surface area (Å²) in [7, 11) is -4.81. The normalized spacial score (nSPS) is 33.4. The van der Waals surface area contributed by atoms with Gasteiger partial charge >= 0.3 is 0 Å². The Morgan fingerprint density at radius 3 is 0.833 bits per heavy atom. The standard InChI is InChI=1S/C42H80P2Si4/c1-45(2,3)39-25-15-19-33(39)29-43(30-34-20-16-26-40(34)46(4,5)6)37-23-13-14-24-38(37)44(31-35-21-17-27-41(35)47(7,8)9)32-36-22-18-28-42(36)48(10,11)12/h13-14,23-24,33-36,39-42H,15-22,25-32H2,1-12H3. The summed E-state index contributed by atoms with van der Waals surface area (Å²) in [6.45, 7) is 32.5. The zero-order chi connectivity index (χ0) is 35.1. The number of rotatable bonds is 14. The summed E-state index contributed by atoms with van der Waals surface area (Å²) in [5.74, 6) is 4.02.